The van der Waals surface area contributed by atoms with Crippen LogP contribution in [0.4, 0.5) is 11.4 Å². The number of para-hydroxylation sites is 3. The Morgan fingerprint density at radius 2 is 1.77 bits per heavy atom. The van der Waals surface area contributed by atoms with Crippen molar-refractivity contribution in [3.8, 4) is 5.75 Å². The monoisotopic (exact) mass is 411 g/mol. The van der Waals surface area contributed by atoms with E-state index in [2.05, 4.69) is 12.2 Å². The fourth-order valence-corrected chi connectivity index (χ4v) is 3.35. The highest BCUT2D eigenvalue weighted by molar-refractivity contribution is 6.04. The average Bonchev–Trinajstić information content (AvgIpc) is 2.74. The van der Waals surface area contributed by atoms with Gasteiger partial charge in [-0.2, -0.15) is 0 Å². The fourth-order valence-electron chi connectivity index (χ4n) is 3.35. The molecular weight excluding hydrogens is 386 g/mol. The maximum Gasteiger partial charge on any atom is 0.310 e. The molecule has 0 radical (unpaired) electrons. The third-order valence-electron chi connectivity index (χ3n) is 5.22. The van der Waals surface area contributed by atoms with Crippen molar-refractivity contribution in [2.24, 2.45) is 5.92 Å². The molecule has 1 atom stereocenters. The molecule has 30 heavy (non-hydrogen) atoms. The van der Waals surface area contributed by atoms with E-state index < -0.39 is 16.9 Å². The number of hydrogen-bond donors (Lipinski definition) is 1. The molecule has 3 rings (SSSR count). The van der Waals surface area contributed by atoms with Crippen molar-refractivity contribution < 1.29 is 19.2 Å². The molecule has 1 heterocycles. The van der Waals surface area contributed by atoms with Crippen LogP contribution in [0.1, 0.15) is 37.0 Å². The lowest BCUT2D eigenvalue weighted by Crippen LogP contribution is -2.38. The second-order valence-electron chi connectivity index (χ2n) is 7.49. The summed E-state index contributed by atoms with van der Waals surface area (Å²) < 4.78 is 5.52. The number of likely N-dealkylation sites (tertiary alicyclic amines) is 1. The van der Waals surface area contributed by atoms with Crippen molar-refractivity contribution in [2.75, 3.05) is 18.4 Å². The summed E-state index contributed by atoms with van der Waals surface area (Å²) in [6.07, 6.45) is 0.923. The number of anilines is 1. The molecule has 0 spiro atoms. The molecule has 8 nitrogen and oxygen atoms in total. The molecule has 158 valence electrons. The minimum absolute atomic E-state index is 0.0111. The predicted octanol–water partition coefficient (Wildman–Crippen LogP) is 3.87. The number of rotatable bonds is 6. The lowest BCUT2D eigenvalue weighted by Gasteiger charge is -2.31. The number of carbonyl (C=O) groups excluding carboxylic acids is 2. The Balaban J connectivity index is 1.71. The maximum absolute atomic E-state index is 13.0. The summed E-state index contributed by atoms with van der Waals surface area (Å²) in [6.45, 7) is 5.07. The van der Waals surface area contributed by atoms with Crippen molar-refractivity contribution in [1.82, 2.24) is 4.90 Å². The number of nitro groups is 1. The van der Waals surface area contributed by atoms with Crippen molar-refractivity contribution in [2.45, 2.75) is 32.8 Å². The average molecular weight is 411 g/mol. The van der Waals surface area contributed by atoms with Crippen molar-refractivity contribution in [3.63, 3.8) is 0 Å². The quantitative estimate of drug-likeness (QED) is 0.574. The van der Waals surface area contributed by atoms with E-state index >= 15 is 0 Å². The summed E-state index contributed by atoms with van der Waals surface area (Å²) in [5, 5.41) is 13.9. The van der Waals surface area contributed by atoms with Gasteiger partial charge in [0.25, 0.3) is 11.8 Å². The molecule has 0 saturated carbocycles. The van der Waals surface area contributed by atoms with E-state index in [1.54, 1.807) is 35.2 Å². The molecular formula is C22H25N3O5. The largest absolute Gasteiger partial charge is 0.474 e. The highest BCUT2D eigenvalue weighted by Gasteiger charge is 2.25. The first kappa shape index (κ1) is 21.3. The first-order valence-corrected chi connectivity index (χ1v) is 9.96. The fraction of sp³-hybridized carbons (Fsp3) is 0.364. The molecule has 1 N–H and O–H groups in total. The van der Waals surface area contributed by atoms with Crippen molar-refractivity contribution >= 4 is 23.2 Å². The third-order valence-corrected chi connectivity index (χ3v) is 5.22. The van der Waals surface area contributed by atoms with Crippen LogP contribution >= 0.6 is 0 Å². The minimum Gasteiger partial charge on any atom is -0.474 e. The zero-order valence-electron chi connectivity index (χ0n) is 17.0. The Morgan fingerprint density at radius 1 is 1.13 bits per heavy atom. The van der Waals surface area contributed by atoms with Crippen LogP contribution in [0.25, 0.3) is 0 Å². The Bertz CT molecular complexity index is 938. The molecule has 1 fully saturated rings. The van der Waals surface area contributed by atoms with Gasteiger partial charge in [0.1, 0.15) is 0 Å². The summed E-state index contributed by atoms with van der Waals surface area (Å²) >= 11 is 0. The van der Waals surface area contributed by atoms with Crippen LogP contribution in [0.15, 0.2) is 48.5 Å². The van der Waals surface area contributed by atoms with Gasteiger partial charge in [-0.25, -0.2) is 0 Å². The summed E-state index contributed by atoms with van der Waals surface area (Å²) in [5.41, 5.74) is 0.592. The zero-order valence-corrected chi connectivity index (χ0v) is 17.0. The van der Waals surface area contributed by atoms with Gasteiger partial charge >= 0.3 is 5.69 Å². The minimum atomic E-state index is -0.995. The van der Waals surface area contributed by atoms with Crippen LogP contribution in [-0.4, -0.2) is 40.8 Å². The molecule has 0 bridgehead atoms. The van der Waals surface area contributed by atoms with Crippen LogP contribution in [-0.2, 0) is 4.79 Å². The molecule has 2 amide bonds. The Kier molecular flexibility index (Phi) is 6.66. The number of hydrogen-bond acceptors (Lipinski definition) is 5. The Morgan fingerprint density at radius 3 is 2.47 bits per heavy atom. The van der Waals surface area contributed by atoms with Gasteiger partial charge in [0, 0.05) is 19.2 Å². The summed E-state index contributed by atoms with van der Waals surface area (Å²) in [7, 11) is 0. The molecule has 8 heteroatoms. The van der Waals surface area contributed by atoms with Crippen LogP contribution in [0.2, 0.25) is 0 Å². The van der Waals surface area contributed by atoms with Gasteiger partial charge in [0.2, 0.25) is 0 Å². The van der Waals surface area contributed by atoms with Crippen molar-refractivity contribution in [3.05, 3.63) is 64.2 Å². The van der Waals surface area contributed by atoms with Gasteiger partial charge in [0.15, 0.2) is 11.9 Å². The predicted molar refractivity (Wildman–Crippen MR) is 113 cm³/mol. The summed E-state index contributed by atoms with van der Waals surface area (Å²) in [6, 6.07) is 12.7. The molecule has 0 aliphatic carbocycles. The Hall–Kier alpha value is -3.42. The summed E-state index contributed by atoms with van der Waals surface area (Å²) in [5.74, 6) is -0.00766. The summed E-state index contributed by atoms with van der Waals surface area (Å²) in [4.78, 5) is 38.0. The number of nitrogens with one attached hydrogen (secondary N) is 1. The number of ether oxygens (including phenoxy) is 1. The third kappa shape index (κ3) is 4.94. The van der Waals surface area contributed by atoms with E-state index in [9.17, 15) is 19.7 Å². The van der Waals surface area contributed by atoms with E-state index in [0.717, 1.165) is 12.8 Å². The highest BCUT2D eigenvalue weighted by Crippen LogP contribution is 2.27. The number of amides is 2. The van der Waals surface area contributed by atoms with Crippen molar-refractivity contribution in [1.29, 1.82) is 0 Å². The number of benzene rings is 2. The number of nitrogens with zero attached hydrogens (tertiary/aromatic N) is 2. The number of nitro benzene ring substituents is 1. The van der Waals surface area contributed by atoms with E-state index in [4.69, 9.17) is 4.74 Å². The first-order valence-electron chi connectivity index (χ1n) is 9.96. The van der Waals surface area contributed by atoms with Crippen LogP contribution in [0.3, 0.4) is 0 Å². The second kappa shape index (κ2) is 9.39. The van der Waals surface area contributed by atoms with Crippen LogP contribution in [0, 0.1) is 16.0 Å². The lowest BCUT2D eigenvalue weighted by atomic mass is 9.98. The molecule has 1 saturated heterocycles. The van der Waals surface area contributed by atoms with Gasteiger partial charge in [0.05, 0.1) is 16.2 Å². The highest BCUT2D eigenvalue weighted by atomic mass is 16.6. The lowest BCUT2D eigenvalue weighted by molar-refractivity contribution is -0.386. The first-order chi connectivity index (χ1) is 14.4. The molecule has 0 aromatic heterocycles. The molecule has 2 aromatic rings. The van der Waals surface area contributed by atoms with E-state index in [-0.39, 0.29) is 17.3 Å². The second-order valence-corrected chi connectivity index (χ2v) is 7.49. The van der Waals surface area contributed by atoms with Crippen LogP contribution < -0.4 is 10.1 Å². The Labute approximate surface area is 175 Å². The van der Waals surface area contributed by atoms with Crippen LogP contribution in [0.5, 0.6) is 5.75 Å². The molecule has 1 aliphatic rings. The smallest absolute Gasteiger partial charge is 0.310 e. The standard InChI is InChI=1S/C22H25N3O5/c1-15-11-13-24(14-12-15)22(27)17-7-3-4-8-18(17)23-21(26)16(2)30-20-10-6-5-9-19(20)25(28)29/h3-10,15-16H,11-14H2,1-2H3,(H,23,26). The van der Waals surface area contributed by atoms with Gasteiger partial charge in [-0.3, -0.25) is 19.7 Å². The van der Waals surface area contributed by atoms with Gasteiger partial charge < -0.3 is 15.0 Å². The number of piperidine rings is 1. The topological polar surface area (TPSA) is 102 Å². The van der Waals surface area contributed by atoms with E-state index in [1.165, 1.54) is 25.1 Å². The maximum atomic E-state index is 13.0. The molecule has 1 aliphatic heterocycles. The SMILES string of the molecule is CC1CCN(C(=O)c2ccccc2NC(=O)C(C)Oc2ccccc2[N+](=O)[O-])CC1. The van der Waals surface area contributed by atoms with Gasteiger partial charge in [-0.1, -0.05) is 31.2 Å². The molecule has 2 aromatic carbocycles. The normalized spacial score (nSPS) is 15.3. The molecule has 1 unspecified atom stereocenters. The van der Waals surface area contributed by atoms with E-state index in [0.29, 0.717) is 30.3 Å². The van der Waals surface area contributed by atoms with Gasteiger partial charge in [-0.05, 0) is 43.9 Å². The van der Waals surface area contributed by atoms with Gasteiger partial charge in [-0.15, -0.1) is 0 Å². The zero-order chi connectivity index (χ0) is 21.7. The van der Waals surface area contributed by atoms with E-state index in [1.807, 2.05) is 0 Å². The number of carbonyl (C=O) groups is 2.